The molecule has 23 heavy (non-hydrogen) atoms. The van der Waals surface area contributed by atoms with E-state index in [1.165, 1.54) is 43.8 Å². The second kappa shape index (κ2) is 8.82. The molecule has 1 aliphatic rings. The van der Waals surface area contributed by atoms with E-state index in [4.69, 9.17) is 0 Å². The van der Waals surface area contributed by atoms with E-state index in [0.717, 1.165) is 18.8 Å². The highest BCUT2D eigenvalue weighted by molar-refractivity contribution is 8.01. The van der Waals surface area contributed by atoms with Crippen LogP contribution in [0, 0.1) is 0 Å². The number of carbonyl (C=O) groups excluding carboxylic acids is 2. The van der Waals surface area contributed by atoms with Crippen molar-refractivity contribution in [3.05, 3.63) is 24.3 Å². The fraction of sp³-hybridized carbons (Fsp3) is 0.529. The van der Waals surface area contributed by atoms with Crippen molar-refractivity contribution in [2.24, 2.45) is 0 Å². The molecule has 1 aliphatic heterocycles. The van der Waals surface area contributed by atoms with Crippen LogP contribution in [-0.2, 0) is 14.3 Å². The van der Waals surface area contributed by atoms with Crippen LogP contribution < -0.4 is 10.2 Å². The van der Waals surface area contributed by atoms with Gasteiger partial charge in [0.05, 0.1) is 18.1 Å². The first-order valence-corrected chi connectivity index (χ1v) is 8.99. The first kappa shape index (κ1) is 17.7. The van der Waals surface area contributed by atoms with Crippen LogP contribution in [0.1, 0.15) is 26.2 Å². The van der Waals surface area contributed by atoms with Crippen molar-refractivity contribution >= 4 is 35.0 Å². The molecule has 1 amide bonds. The topological polar surface area (TPSA) is 58.6 Å². The molecule has 126 valence electrons. The minimum Gasteiger partial charge on any atom is -0.468 e. The second-order valence-electron chi connectivity index (χ2n) is 5.61. The Morgan fingerprint density at radius 1 is 1.22 bits per heavy atom. The van der Waals surface area contributed by atoms with Gasteiger partial charge in [0.25, 0.3) is 0 Å². The van der Waals surface area contributed by atoms with Gasteiger partial charge in [0.15, 0.2) is 0 Å². The zero-order valence-electron chi connectivity index (χ0n) is 13.7. The minimum atomic E-state index is -0.319. The number of anilines is 2. The zero-order chi connectivity index (χ0) is 16.7. The van der Waals surface area contributed by atoms with Crippen molar-refractivity contribution in [2.75, 3.05) is 36.2 Å². The van der Waals surface area contributed by atoms with Crippen molar-refractivity contribution in [1.29, 1.82) is 0 Å². The maximum absolute atomic E-state index is 12.1. The summed E-state index contributed by atoms with van der Waals surface area (Å²) in [4.78, 5) is 25.6. The number of thioether (sulfide) groups is 1. The van der Waals surface area contributed by atoms with E-state index in [2.05, 4.69) is 15.0 Å². The molecular formula is C17H24N2O3S. The fourth-order valence-corrected chi connectivity index (χ4v) is 3.19. The SMILES string of the molecule is COC(=O)CSC(C)C(=O)Nc1ccc(N2CCCCC2)cc1. The van der Waals surface area contributed by atoms with Gasteiger partial charge >= 0.3 is 5.97 Å². The molecule has 1 unspecified atom stereocenters. The lowest BCUT2D eigenvalue weighted by atomic mass is 10.1. The molecule has 0 aromatic heterocycles. The number of nitrogens with one attached hydrogen (secondary N) is 1. The Kier molecular flexibility index (Phi) is 6.77. The van der Waals surface area contributed by atoms with E-state index in [9.17, 15) is 9.59 Å². The van der Waals surface area contributed by atoms with Crippen molar-refractivity contribution in [3.63, 3.8) is 0 Å². The molecule has 0 aliphatic carbocycles. The van der Waals surface area contributed by atoms with Gasteiger partial charge in [-0.3, -0.25) is 9.59 Å². The maximum atomic E-state index is 12.1. The highest BCUT2D eigenvalue weighted by Gasteiger charge is 2.16. The van der Waals surface area contributed by atoms with Gasteiger partial charge in [-0.1, -0.05) is 0 Å². The summed E-state index contributed by atoms with van der Waals surface area (Å²) < 4.78 is 4.57. The molecule has 0 spiro atoms. The van der Waals surface area contributed by atoms with E-state index in [1.807, 2.05) is 24.3 Å². The minimum absolute atomic E-state index is 0.107. The van der Waals surface area contributed by atoms with Gasteiger partial charge < -0.3 is 15.0 Å². The summed E-state index contributed by atoms with van der Waals surface area (Å²) in [5.41, 5.74) is 1.98. The Bertz CT molecular complexity index is 527. The average molecular weight is 336 g/mol. The Balaban J connectivity index is 1.84. The fourth-order valence-electron chi connectivity index (χ4n) is 2.48. The second-order valence-corrected chi connectivity index (χ2v) is 6.94. The first-order valence-electron chi connectivity index (χ1n) is 7.94. The van der Waals surface area contributed by atoms with E-state index in [0.29, 0.717) is 0 Å². The van der Waals surface area contributed by atoms with E-state index < -0.39 is 0 Å². The Morgan fingerprint density at radius 3 is 2.48 bits per heavy atom. The number of esters is 1. The maximum Gasteiger partial charge on any atom is 0.315 e. The third-order valence-corrected chi connectivity index (χ3v) is 5.02. The summed E-state index contributed by atoms with van der Waals surface area (Å²) in [7, 11) is 1.34. The van der Waals surface area contributed by atoms with Crippen molar-refractivity contribution in [1.82, 2.24) is 0 Å². The highest BCUT2D eigenvalue weighted by atomic mass is 32.2. The molecule has 1 saturated heterocycles. The predicted molar refractivity (Wildman–Crippen MR) is 95.1 cm³/mol. The van der Waals surface area contributed by atoms with E-state index >= 15 is 0 Å². The number of carbonyl (C=O) groups is 2. The molecule has 5 nitrogen and oxygen atoms in total. The number of amides is 1. The number of piperidine rings is 1. The van der Waals surface area contributed by atoms with Crippen LogP contribution in [0.4, 0.5) is 11.4 Å². The number of rotatable bonds is 6. The molecule has 6 heteroatoms. The Hall–Kier alpha value is -1.69. The number of methoxy groups -OCH3 is 1. The van der Waals surface area contributed by atoms with Crippen LogP contribution in [0.5, 0.6) is 0 Å². The van der Waals surface area contributed by atoms with Crippen molar-refractivity contribution in [3.8, 4) is 0 Å². The van der Waals surface area contributed by atoms with Gasteiger partial charge in [0.1, 0.15) is 0 Å². The van der Waals surface area contributed by atoms with E-state index in [-0.39, 0.29) is 22.9 Å². The number of hydrogen-bond acceptors (Lipinski definition) is 5. The molecule has 1 atom stereocenters. The lowest BCUT2D eigenvalue weighted by Gasteiger charge is -2.28. The molecular weight excluding hydrogens is 312 g/mol. The van der Waals surface area contributed by atoms with Crippen molar-refractivity contribution < 1.29 is 14.3 Å². The van der Waals surface area contributed by atoms with Crippen LogP contribution in [0.15, 0.2) is 24.3 Å². The lowest BCUT2D eigenvalue weighted by Crippen LogP contribution is -2.29. The predicted octanol–water partition coefficient (Wildman–Crippen LogP) is 2.91. The summed E-state index contributed by atoms with van der Waals surface area (Å²) in [5.74, 6) is -0.246. The van der Waals surface area contributed by atoms with Gasteiger partial charge in [0, 0.05) is 24.5 Å². The number of benzene rings is 1. The summed E-state index contributed by atoms with van der Waals surface area (Å²) >= 11 is 1.27. The first-order chi connectivity index (χ1) is 11.1. The lowest BCUT2D eigenvalue weighted by molar-refractivity contribution is -0.137. The molecule has 1 heterocycles. The highest BCUT2D eigenvalue weighted by Crippen LogP contribution is 2.22. The number of hydrogen-bond donors (Lipinski definition) is 1. The standard InChI is InChI=1S/C17H24N2O3S/c1-13(23-12-16(20)22-2)17(21)18-14-6-8-15(9-7-14)19-10-4-3-5-11-19/h6-9,13H,3-5,10-12H2,1-2H3,(H,18,21). The molecule has 2 rings (SSSR count). The molecule has 1 aromatic rings. The van der Waals surface area contributed by atoms with Gasteiger partial charge in [-0.2, -0.15) is 0 Å². The smallest absolute Gasteiger partial charge is 0.315 e. The monoisotopic (exact) mass is 336 g/mol. The van der Waals surface area contributed by atoms with Gasteiger partial charge in [0.2, 0.25) is 5.91 Å². The van der Waals surface area contributed by atoms with Crippen LogP contribution in [0.3, 0.4) is 0 Å². The molecule has 1 fully saturated rings. The molecule has 1 aromatic carbocycles. The summed E-state index contributed by atoms with van der Waals surface area (Å²) in [6.07, 6.45) is 3.80. The van der Waals surface area contributed by atoms with Crippen LogP contribution in [0.2, 0.25) is 0 Å². The van der Waals surface area contributed by atoms with E-state index in [1.54, 1.807) is 6.92 Å². The average Bonchev–Trinajstić information content (AvgIpc) is 2.60. The van der Waals surface area contributed by atoms with Gasteiger partial charge in [-0.25, -0.2) is 0 Å². The van der Waals surface area contributed by atoms with Crippen LogP contribution in [-0.4, -0.2) is 43.1 Å². The molecule has 0 bridgehead atoms. The van der Waals surface area contributed by atoms with Gasteiger partial charge in [-0.05, 0) is 50.5 Å². The van der Waals surface area contributed by atoms with Crippen molar-refractivity contribution in [2.45, 2.75) is 31.4 Å². The summed E-state index contributed by atoms with van der Waals surface area (Å²) in [5, 5.41) is 2.57. The summed E-state index contributed by atoms with van der Waals surface area (Å²) in [6.45, 7) is 3.99. The Labute approximate surface area is 141 Å². The van der Waals surface area contributed by atoms with Crippen LogP contribution >= 0.6 is 11.8 Å². The van der Waals surface area contributed by atoms with Gasteiger partial charge in [-0.15, -0.1) is 11.8 Å². The molecule has 1 N–H and O–H groups in total. The molecule has 0 radical (unpaired) electrons. The quantitative estimate of drug-likeness (QED) is 0.810. The number of nitrogens with zero attached hydrogens (tertiary/aromatic N) is 1. The third kappa shape index (κ3) is 5.46. The normalized spacial score (nSPS) is 15.8. The molecule has 0 saturated carbocycles. The number of ether oxygens (including phenoxy) is 1. The third-order valence-electron chi connectivity index (χ3n) is 3.90. The zero-order valence-corrected chi connectivity index (χ0v) is 14.5. The van der Waals surface area contributed by atoms with Crippen LogP contribution in [0.25, 0.3) is 0 Å². The Morgan fingerprint density at radius 2 is 1.87 bits per heavy atom. The summed E-state index contributed by atoms with van der Waals surface area (Å²) in [6, 6.07) is 7.96. The largest absolute Gasteiger partial charge is 0.468 e.